The molecule has 0 unspecified atom stereocenters. The summed E-state index contributed by atoms with van der Waals surface area (Å²) in [7, 11) is 0. The van der Waals surface area contributed by atoms with Crippen molar-refractivity contribution in [2.24, 2.45) is 0 Å². The number of benzene rings is 3. The summed E-state index contributed by atoms with van der Waals surface area (Å²) in [4.78, 5) is 28.2. The number of rotatable bonds is 9. The second-order valence-corrected chi connectivity index (χ2v) is 8.45. The van der Waals surface area contributed by atoms with Crippen LogP contribution in [-0.2, 0) is 4.79 Å². The van der Waals surface area contributed by atoms with Crippen molar-refractivity contribution in [3.8, 4) is 5.75 Å². The van der Waals surface area contributed by atoms with E-state index in [-0.39, 0.29) is 29.9 Å². The van der Waals surface area contributed by atoms with Gasteiger partial charge in [0.1, 0.15) is 11.4 Å². The Morgan fingerprint density at radius 1 is 0.971 bits per heavy atom. The predicted octanol–water partition coefficient (Wildman–Crippen LogP) is 4.34. The Morgan fingerprint density at radius 3 is 2.11 bits per heavy atom. The lowest BCUT2D eigenvalue weighted by Gasteiger charge is -2.39. The van der Waals surface area contributed by atoms with Crippen LogP contribution in [0.4, 0.5) is 11.4 Å². The molecule has 0 saturated carbocycles. The normalized spacial score (nSPS) is 14.6. The first kappa shape index (κ1) is 24.4. The molecule has 0 aliphatic carbocycles. The highest BCUT2D eigenvalue weighted by atomic mass is 16.6. The minimum atomic E-state index is -0.510. The molecule has 1 aliphatic rings. The molecule has 1 saturated heterocycles. The Bertz CT molecular complexity index is 1090. The number of nitro groups is 1. The third-order valence-electron chi connectivity index (χ3n) is 6.12. The van der Waals surface area contributed by atoms with Crippen LogP contribution in [0.3, 0.4) is 0 Å². The van der Waals surface area contributed by atoms with E-state index >= 15 is 0 Å². The Morgan fingerprint density at radius 2 is 1.57 bits per heavy atom. The molecule has 0 bridgehead atoms. The summed E-state index contributed by atoms with van der Waals surface area (Å²) in [6.07, 6.45) is 0. The number of anilines is 1. The Hall–Kier alpha value is -3.75. The molecule has 8 nitrogen and oxygen atoms in total. The fourth-order valence-electron chi connectivity index (χ4n) is 4.48. The fraction of sp³-hybridized carbons (Fsp3) is 0.296. The summed E-state index contributed by atoms with van der Waals surface area (Å²) in [5, 5.41) is 14.2. The van der Waals surface area contributed by atoms with Gasteiger partial charge in [0.05, 0.1) is 30.2 Å². The monoisotopic (exact) mass is 474 g/mol. The number of amides is 1. The molecule has 8 heteroatoms. The Kier molecular flexibility index (Phi) is 8.07. The van der Waals surface area contributed by atoms with E-state index in [9.17, 15) is 14.9 Å². The van der Waals surface area contributed by atoms with Crippen LogP contribution in [0.15, 0.2) is 78.9 Å². The van der Waals surface area contributed by atoms with Gasteiger partial charge in [0.2, 0.25) is 5.91 Å². The maximum Gasteiger partial charge on any atom is 0.296 e. The number of carbonyl (C=O) groups excluding carboxylic acids is 1. The van der Waals surface area contributed by atoms with Crippen molar-refractivity contribution in [1.82, 2.24) is 9.80 Å². The van der Waals surface area contributed by atoms with Crippen molar-refractivity contribution in [3.05, 3.63) is 100 Å². The van der Waals surface area contributed by atoms with E-state index in [0.29, 0.717) is 12.4 Å². The fourth-order valence-corrected chi connectivity index (χ4v) is 4.48. The first-order valence-corrected chi connectivity index (χ1v) is 11.8. The SMILES string of the molecule is CCOc1ccc(NC(=O)CN2CCN(C(c3ccccc3)c3ccccc3)CC2)c([N+](=O)[O-])c1. The zero-order valence-corrected chi connectivity index (χ0v) is 19.8. The number of piperazine rings is 1. The van der Waals surface area contributed by atoms with Gasteiger partial charge in [-0.2, -0.15) is 0 Å². The molecule has 1 aliphatic heterocycles. The van der Waals surface area contributed by atoms with Crippen LogP contribution < -0.4 is 10.1 Å². The summed E-state index contributed by atoms with van der Waals surface area (Å²) in [5.74, 6) is 0.132. The number of nitro benzene ring substituents is 1. The third-order valence-corrected chi connectivity index (χ3v) is 6.12. The topological polar surface area (TPSA) is 88.0 Å². The molecule has 1 amide bonds. The zero-order chi connectivity index (χ0) is 24.6. The number of hydrogen-bond acceptors (Lipinski definition) is 6. The first-order chi connectivity index (χ1) is 17.0. The van der Waals surface area contributed by atoms with Crippen LogP contribution in [0.25, 0.3) is 0 Å². The van der Waals surface area contributed by atoms with Crippen molar-refractivity contribution in [1.29, 1.82) is 0 Å². The molecule has 1 fully saturated rings. The minimum absolute atomic E-state index is 0.153. The molecule has 4 rings (SSSR count). The van der Waals surface area contributed by atoms with E-state index < -0.39 is 4.92 Å². The molecule has 0 spiro atoms. The number of ether oxygens (including phenoxy) is 1. The van der Waals surface area contributed by atoms with E-state index in [1.807, 2.05) is 19.1 Å². The smallest absolute Gasteiger partial charge is 0.296 e. The molecule has 35 heavy (non-hydrogen) atoms. The van der Waals surface area contributed by atoms with Gasteiger partial charge in [0.15, 0.2) is 0 Å². The van der Waals surface area contributed by atoms with Crippen LogP contribution in [0.1, 0.15) is 24.1 Å². The summed E-state index contributed by atoms with van der Waals surface area (Å²) in [6, 6.07) is 25.5. The van der Waals surface area contributed by atoms with Crippen LogP contribution in [0.2, 0.25) is 0 Å². The van der Waals surface area contributed by atoms with Crippen LogP contribution in [0, 0.1) is 10.1 Å². The quantitative estimate of drug-likeness (QED) is 0.367. The molecular weight excluding hydrogens is 444 g/mol. The average Bonchev–Trinajstić information content (AvgIpc) is 2.87. The molecule has 3 aromatic rings. The van der Waals surface area contributed by atoms with Gasteiger partial charge < -0.3 is 10.1 Å². The maximum atomic E-state index is 12.7. The molecule has 182 valence electrons. The van der Waals surface area contributed by atoms with Crippen LogP contribution in [-0.4, -0.2) is 60.0 Å². The highest BCUT2D eigenvalue weighted by Crippen LogP contribution is 2.30. The van der Waals surface area contributed by atoms with E-state index in [0.717, 1.165) is 26.2 Å². The summed E-state index contributed by atoms with van der Waals surface area (Å²) < 4.78 is 5.34. The van der Waals surface area contributed by atoms with Gasteiger partial charge >= 0.3 is 0 Å². The predicted molar refractivity (Wildman–Crippen MR) is 136 cm³/mol. The molecule has 3 aromatic carbocycles. The minimum Gasteiger partial charge on any atom is -0.494 e. The maximum absolute atomic E-state index is 12.7. The molecule has 0 atom stereocenters. The van der Waals surface area contributed by atoms with Gasteiger partial charge in [-0.15, -0.1) is 0 Å². The summed E-state index contributed by atoms with van der Waals surface area (Å²) in [5.41, 5.74) is 2.48. The van der Waals surface area contributed by atoms with Gasteiger partial charge in [0, 0.05) is 26.2 Å². The van der Waals surface area contributed by atoms with Crippen LogP contribution >= 0.6 is 0 Å². The van der Waals surface area contributed by atoms with Crippen molar-refractivity contribution < 1.29 is 14.5 Å². The Labute approximate surface area is 205 Å². The second kappa shape index (κ2) is 11.6. The van der Waals surface area contributed by atoms with Crippen LogP contribution in [0.5, 0.6) is 5.75 Å². The van der Waals surface area contributed by atoms with E-state index in [1.54, 1.807) is 6.07 Å². The largest absolute Gasteiger partial charge is 0.494 e. The van der Waals surface area contributed by atoms with Crippen molar-refractivity contribution in [2.75, 3.05) is 44.6 Å². The molecule has 0 aromatic heterocycles. The van der Waals surface area contributed by atoms with Gasteiger partial charge in [0.25, 0.3) is 5.69 Å². The third kappa shape index (κ3) is 6.23. The summed E-state index contributed by atoms with van der Waals surface area (Å²) in [6.45, 7) is 5.48. The molecule has 0 radical (unpaired) electrons. The summed E-state index contributed by atoms with van der Waals surface area (Å²) >= 11 is 0. The first-order valence-electron chi connectivity index (χ1n) is 11.8. The number of nitrogens with zero attached hydrogens (tertiary/aromatic N) is 3. The lowest BCUT2D eigenvalue weighted by molar-refractivity contribution is -0.384. The van der Waals surface area contributed by atoms with Gasteiger partial charge in [-0.05, 0) is 30.2 Å². The highest BCUT2D eigenvalue weighted by molar-refractivity contribution is 5.94. The van der Waals surface area contributed by atoms with Crippen molar-refractivity contribution >= 4 is 17.3 Å². The number of carbonyl (C=O) groups is 1. The molecular formula is C27H30N4O4. The van der Waals surface area contributed by atoms with E-state index in [4.69, 9.17) is 4.74 Å². The second-order valence-electron chi connectivity index (χ2n) is 8.45. The standard InChI is InChI=1S/C27H30N4O4/c1-2-35-23-13-14-24(25(19-23)31(33)34)28-26(32)20-29-15-17-30(18-16-29)27(21-9-5-3-6-10-21)22-11-7-4-8-12-22/h3-14,19,27H,2,15-18,20H2,1H3,(H,28,32). The number of hydrogen-bond donors (Lipinski definition) is 1. The highest BCUT2D eigenvalue weighted by Gasteiger charge is 2.27. The van der Waals surface area contributed by atoms with Crippen molar-refractivity contribution in [3.63, 3.8) is 0 Å². The van der Waals surface area contributed by atoms with Crippen molar-refractivity contribution in [2.45, 2.75) is 13.0 Å². The van der Waals surface area contributed by atoms with Gasteiger partial charge in [-0.3, -0.25) is 24.7 Å². The van der Waals surface area contributed by atoms with E-state index in [1.165, 1.54) is 23.3 Å². The molecule has 1 N–H and O–H groups in total. The Balaban J connectivity index is 1.38. The van der Waals surface area contributed by atoms with Gasteiger partial charge in [-0.1, -0.05) is 60.7 Å². The zero-order valence-electron chi connectivity index (χ0n) is 19.8. The average molecular weight is 475 g/mol. The number of nitrogens with one attached hydrogen (secondary N) is 1. The van der Waals surface area contributed by atoms with E-state index in [2.05, 4.69) is 63.6 Å². The lowest BCUT2D eigenvalue weighted by atomic mass is 9.96. The van der Waals surface area contributed by atoms with Gasteiger partial charge in [-0.25, -0.2) is 0 Å². The lowest BCUT2D eigenvalue weighted by Crippen LogP contribution is -2.49. The molecule has 1 heterocycles.